The minimum atomic E-state index is 0.753. The fourth-order valence-electron chi connectivity index (χ4n) is 1.32. The summed E-state index contributed by atoms with van der Waals surface area (Å²) < 4.78 is 0. The lowest BCUT2D eigenvalue weighted by atomic mass is 10.2. The molecule has 2 rings (SSSR count). The van der Waals surface area contributed by atoms with E-state index in [1.807, 2.05) is 37.5 Å². The van der Waals surface area contributed by atoms with Gasteiger partial charge in [-0.15, -0.1) is 11.3 Å². The summed E-state index contributed by atoms with van der Waals surface area (Å²) in [6, 6.07) is 7.77. The molecule has 0 atom stereocenters. The summed E-state index contributed by atoms with van der Waals surface area (Å²) >= 11 is 7.76. The molecule has 0 aliphatic heterocycles. The molecule has 0 radical (unpaired) electrons. The van der Waals surface area contributed by atoms with Crippen LogP contribution in [0.5, 0.6) is 0 Å². The van der Waals surface area contributed by atoms with Crippen LogP contribution in [-0.2, 0) is 6.54 Å². The minimum Gasteiger partial charge on any atom is -0.315 e. The number of rotatable bonds is 3. The average molecular weight is 239 g/mol. The van der Waals surface area contributed by atoms with E-state index < -0.39 is 0 Å². The zero-order chi connectivity index (χ0) is 10.7. The molecule has 0 spiro atoms. The maximum atomic E-state index is 6.10. The molecule has 0 fully saturated rings. The highest BCUT2D eigenvalue weighted by atomic mass is 35.5. The van der Waals surface area contributed by atoms with E-state index in [4.69, 9.17) is 11.6 Å². The summed E-state index contributed by atoms with van der Waals surface area (Å²) in [5, 5.41) is 4.83. The second-order valence-corrected chi connectivity index (χ2v) is 4.66. The maximum absolute atomic E-state index is 6.10. The Bertz CT molecular complexity index is 453. The monoisotopic (exact) mass is 238 g/mol. The van der Waals surface area contributed by atoms with Gasteiger partial charge in [-0.1, -0.05) is 29.8 Å². The molecule has 1 aromatic carbocycles. The quantitative estimate of drug-likeness (QED) is 0.889. The van der Waals surface area contributed by atoms with E-state index in [0.29, 0.717) is 0 Å². The zero-order valence-electron chi connectivity index (χ0n) is 8.33. The molecular formula is C11H11ClN2S. The second kappa shape index (κ2) is 4.75. The van der Waals surface area contributed by atoms with E-state index >= 15 is 0 Å². The highest BCUT2D eigenvalue weighted by Gasteiger charge is 2.06. The summed E-state index contributed by atoms with van der Waals surface area (Å²) in [6.45, 7) is 0.849. The van der Waals surface area contributed by atoms with Gasteiger partial charge in [-0.05, 0) is 13.1 Å². The Morgan fingerprint density at radius 2 is 2.20 bits per heavy atom. The Morgan fingerprint density at radius 1 is 1.40 bits per heavy atom. The van der Waals surface area contributed by atoms with Crippen molar-refractivity contribution in [1.29, 1.82) is 0 Å². The third kappa shape index (κ3) is 2.37. The molecule has 2 nitrogen and oxygen atoms in total. The smallest absolute Gasteiger partial charge is 0.125 e. The molecule has 1 heterocycles. The highest BCUT2D eigenvalue weighted by molar-refractivity contribution is 7.15. The van der Waals surface area contributed by atoms with Crippen LogP contribution in [0.15, 0.2) is 30.5 Å². The van der Waals surface area contributed by atoms with E-state index in [2.05, 4.69) is 10.3 Å². The van der Waals surface area contributed by atoms with Crippen LogP contribution >= 0.6 is 22.9 Å². The molecule has 0 aliphatic carbocycles. The minimum absolute atomic E-state index is 0.753. The predicted octanol–water partition coefficient (Wildman–Crippen LogP) is 3.18. The van der Waals surface area contributed by atoms with Crippen LogP contribution in [0, 0.1) is 0 Å². The molecule has 0 saturated heterocycles. The van der Waals surface area contributed by atoms with E-state index in [1.165, 1.54) is 4.88 Å². The third-order valence-electron chi connectivity index (χ3n) is 2.01. The van der Waals surface area contributed by atoms with E-state index in [1.54, 1.807) is 11.3 Å². The first-order valence-corrected chi connectivity index (χ1v) is 5.85. The van der Waals surface area contributed by atoms with Gasteiger partial charge in [-0.3, -0.25) is 0 Å². The maximum Gasteiger partial charge on any atom is 0.125 e. The first-order chi connectivity index (χ1) is 7.31. The van der Waals surface area contributed by atoms with Crippen LogP contribution in [0.25, 0.3) is 10.6 Å². The number of hydrogen-bond acceptors (Lipinski definition) is 3. The average Bonchev–Trinajstić information content (AvgIpc) is 2.68. The van der Waals surface area contributed by atoms with Gasteiger partial charge in [0, 0.05) is 23.2 Å². The normalized spacial score (nSPS) is 10.5. The number of nitrogens with zero attached hydrogens (tertiary/aromatic N) is 1. The van der Waals surface area contributed by atoms with E-state index in [-0.39, 0.29) is 0 Å². The van der Waals surface area contributed by atoms with Crippen molar-refractivity contribution >= 4 is 22.9 Å². The topological polar surface area (TPSA) is 24.9 Å². The van der Waals surface area contributed by atoms with Gasteiger partial charge in [0.1, 0.15) is 5.01 Å². The highest BCUT2D eigenvalue weighted by Crippen LogP contribution is 2.30. The van der Waals surface area contributed by atoms with E-state index in [9.17, 15) is 0 Å². The molecule has 1 aromatic heterocycles. The number of hydrogen-bond donors (Lipinski definition) is 1. The molecular weight excluding hydrogens is 228 g/mol. The molecule has 0 bridgehead atoms. The first-order valence-electron chi connectivity index (χ1n) is 4.65. The van der Waals surface area contributed by atoms with Gasteiger partial charge in [-0.2, -0.15) is 0 Å². The fraction of sp³-hybridized carbons (Fsp3) is 0.182. The van der Waals surface area contributed by atoms with E-state index in [0.717, 1.165) is 22.1 Å². The Hall–Kier alpha value is -0.900. The second-order valence-electron chi connectivity index (χ2n) is 3.14. The van der Waals surface area contributed by atoms with Crippen molar-refractivity contribution in [1.82, 2.24) is 10.3 Å². The summed E-state index contributed by atoms with van der Waals surface area (Å²) in [7, 11) is 1.93. The van der Waals surface area contributed by atoms with Gasteiger partial charge in [0.15, 0.2) is 0 Å². The Morgan fingerprint density at radius 3 is 2.93 bits per heavy atom. The molecule has 4 heteroatoms. The Kier molecular flexibility index (Phi) is 3.36. The lowest BCUT2D eigenvalue weighted by Crippen LogP contribution is -2.02. The Balaban J connectivity index is 2.33. The lowest BCUT2D eigenvalue weighted by molar-refractivity contribution is 0.829. The molecule has 0 amide bonds. The van der Waals surface area contributed by atoms with Crippen molar-refractivity contribution in [3.05, 3.63) is 40.4 Å². The van der Waals surface area contributed by atoms with Gasteiger partial charge in [0.05, 0.1) is 5.02 Å². The van der Waals surface area contributed by atoms with Crippen LogP contribution in [0.3, 0.4) is 0 Å². The molecule has 78 valence electrons. The molecule has 1 N–H and O–H groups in total. The van der Waals surface area contributed by atoms with Gasteiger partial charge >= 0.3 is 0 Å². The Labute approximate surface area is 97.9 Å². The van der Waals surface area contributed by atoms with Crippen molar-refractivity contribution in [2.75, 3.05) is 7.05 Å². The number of halogens is 1. The molecule has 0 unspecified atom stereocenters. The van der Waals surface area contributed by atoms with Crippen molar-refractivity contribution < 1.29 is 0 Å². The SMILES string of the molecule is CNCc1cnc(-c2ccccc2Cl)s1. The van der Waals surface area contributed by atoms with Crippen molar-refractivity contribution in [3.8, 4) is 10.6 Å². The van der Waals surface area contributed by atoms with Crippen molar-refractivity contribution in [2.45, 2.75) is 6.54 Å². The summed E-state index contributed by atoms with van der Waals surface area (Å²) in [5.41, 5.74) is 1.01. The largest absolute Gasteiger partial charge is 0.315 e. The number of benzene rings is 1. The van der Waals surface area contributed by atoms with Crippen LogP contribution in [0.1, 0.15) is 4.88 Å². The summed E-state index contributed by atoms with van der Waals surface area (Å²) in [4.78, 5) is 5.58. The van der Waals surface area contributed by atoms with Crippen LogP contribution in [0.2, 0.25) is 5.02 Å². The molecule has 0 aliphatic rings. The fourth-order valence-corrected chi connectivity index (χ4v) is 2.57. The van der Waals surface area contributed by atoms with Gasteiger partial charge in [0.2, 0.25) is 0 Å². The van der Waals surface area contributed by atoms with Gasteiger partial charge < -0.3 is 5.32 Å². The van der Waals surface area contributed by atoms with Gasteiger partial charge in [-0.25, -0.2) is 4.98 Å². The lowest BCUT2D eigenvalue weighted by Gasteiger charge is -1.98. The standard InChI is InChI=1S/C11H11ClN2S/c1-13-6-8-7-14-11(15-8)9-4-2-3-5-10(9)12/h2-5,7,13H,6H2,1H3. The summed E-state index contributed by atoms with van der Waals surface area (Å²) in [6.07, 6.45) is 1.89. The van der Waals surface area contributed by atoms with Crippen molar-refractivity contribution in [3.63, 3.8) is 0 Å². The number of nitrogens with one attached hydrogen (secondary N) is 1. The molecule has 2 aromatic rings. The zero-order valence-corrected chi connectivity index (χ0v) is 9.90. The van der Waals surface area contributed by atoms with Crippen LogP contribution < -0.4 is 5.32 Å². The van der Waals surface area contributed by atoms with Crippen molar-refractivity contribution in [2.24, 2.45) is 0 Å². The predicted molar refractivity (Wildman–Crippen MR) is 65.3 cm³/mol. The van der Waals surface area contributed by atoms with Gasteiger partial charge in [0.25, 0.3) is 0 Å². The summed E-state index contributed by atoms with van der Waals surface area (Å²) in [5.74, 6) is 0. The number of aromatic nitrogens is 1. The first kappa shape index (κ1) is 10.6. The van der Waals surface area contributed by atoms with Crippen LogP contribution in [0.4, 0.5) is 0 Å². The number of thiazole rings is 1. The third-order valence-corrected chi connectivity index (χ3v) is 3.37. The molecule has 15 heavy (non-hydrogen) atoms. The van der Waals surface area contributed by atoms with Crippen LogP contribution in [-0.4, -0.2) is 12.0 Å². The molecule has 0 saturated carbocycles.